The Hall–Kier alpha value is -1.74. The molecule has 9 N–H and O–H groups in total. The molecule has 22 heteroatoms. The second kappa shape index (κ2) is 10.7. The van der Waals surface area contributed by atoms with Crippen LogP contribution in [0.2, 0.25) is 0 Å². The van der Waals surface area contributed by atoms with Gasteiger partial charge in [0, 0.05) is 0 Å². The van der Waals surface area contributed by atoms with Crippen LogP contribution in [0.15, 0.2) is 15.0 Å². The molecule has 2 fully saturated rings. The number of nitrogens with two attached hydrogens (primary N) is 1. The predicted molar refractivity (Wildman–Crippen MR) is 119 cm³/mol. The molecule has 4 aliphatic rings. The van der Waals surface area contributed by atoms with Crippen LogP contribution in [0.4, 0.5) is 0 Å². The molecule has 0 aliphatic carbocycles. The van der Waals surface area contributed by atoms with Crippen LogP contribution < -0.4 is 5.73 Å². The average Bonchev–Trinajstić information content (AvgIpc) is 3.35. The third kappa shape index (κ3) is 5.88. The summed E-state index contributed by atoms with van der Waals surface area (Å²) in [6.45, 7) is 0.291. The first-order valence-corrected chi connectivity index (χ1v) is 13.8. The van der Waals surface area contributed by atoms with E-state index in [4.69, 9.17) is 15.2 Å². The van der Waals surface area contributed by atoms with Crippen molar-refractivity contribution in [1.82, 2.24) is 4.90 Å². The van der Waals surface area contributed by atoms with Crippen LogP contribution in [0.1, 0.15) is 6.92 Å². The van der Waals surface area contributed by atoms with Gasteiger partial charge in [-0.3, -0.25) is 23.7 Å². The fourth-order valence-electron chi connectivity index (χ4n) is 3.88. The first-order valence-electron chi connectivity index (χ1n) is 10.8. The number of hydrogen-bond donors (Lipinski definition) is 8. The predicted octanol–water partition coefficient (Wildman–Crippen LogP) is -4.52. The van der Waals surface area contributed by atoms with E-state index in [0.29, 0.717) is 0 Å². The molecule has 38 heavy (non-hydrogen) atoms. The number of amides is 1. The van der Waals surface area contributed by atoms with E-state index in [2.05, 4.69) is 28.3 Å². The summed E-state index contributed by atoms with van der Waals surface area (Å²) in [4.78, 5) is 44.0. The minimum Gasteiger partial charge on any atom is -0.388 e. The van der Waals surface area contributed by atoms with Crippen molar-refractivity contribution < 1.29 is 72.1 Å². The second-order valence-corrected chi connectivity index (χ2v) is 11.5. The molecule has 214 valence electrons. The van der Waals surface area contributed by atoms with Crippen LogP contribution in [0.25, 0.3) is 0 Å². The number of phosphoric ester groups is 2. The van der Waals surface area contributed by atoms with Gasteiger partial charge in [-0.1, -0.05) is 0 Å². The van der Waals surface area contributed by atoms with Crippen molar-refractivity contribution in [3.8, 4) is 0 Å². The van der Waals surface area contributed by atoms with Gasteiger partial charge in [-0.15, -0.1) is 0 Å². The molecule has 0 aromatic carbocycles. The van der Waals surface area contributed by atoms with Crippen LogP contribution in [-0.2, 0) is 36.8 Å². The van der Waals surface area contributed by atoms with Crippen LogP contribution in [0.3, 0.4) is 0 Å². The number of aliphatic hydroxyl groups excluding tert-OH is 5. The molecule has 4 rings (SSSR count). The van der Waals surface area contributed by atoms with Crippen molar-refractivity contribution in [2.24, 2.45) is 20.7 Å². The van der Waals surface area contributed by atoms with E-state index >= 15 is 0 Å². The maximum atomic E-state index is 12.3. The summed E-state index contributed by atoms with van der Waals surface area (Å²) in [5.74, 6) is -1.14. The average molecular weight is 589 g/mol. The van der Waals surface area contributed by atoms with Crippen LogP contribution >= 0.6 is 15.6 Å². The second-order valence-electron chi connectivity index (χ2n) is 8.50. The van der Waals surface area contributed by atoms with Gasteiger partial charge in [-0.25, -0.2) is 9.13 Å². The molecule has 0 radical (unpaired) electrons. The minimum absolute atomic E-state index is 0.0473. The molecular formula is C16H25N5O15P2. The molecule has 0 spiro atoms. The number of guanidine groups is 1. The van der Waals surface area contributed by atoms with E-state index < -0.39 is 89.4 Å². The topological polar surface area (TPSA) is 305 Å². The van der Waals surface area contributed by atoms with Gasteiger partial charge in [0.1, 0.15) is 36.6 Å². The van der Waals surface area contributed by atoms with Gasteiger partial charge in [0.25, 0.3) is 5.91 Å². The molecule has 4 unspecified atom stereocenters. The fraction of sp³-hybridized carbons (Fsp3) is 0.750. The number of aliphatic hydroxyl groups is 5. The summed E-state index contributed by atoms with van der Waals surface area (Å²) in [7, 11) is -10.9. The van der Waals surface area contributed by atoms with E-state index in [1.54, 1.807) is 0 Å². The zero-order chi connectivity index (χ0) is 28.2. The fourth-order valence-corrected chi connectivity index (χ4v) is 6.04. The molecule has 12 atom stereocenters. The normalized spacial score (nSPS) is 42.3. The summed E-state index contributed by atoms with van der Waals surface area (Å²) in [5.41, 5.74) is 5.48. The summed E-state index contributed by atoms with van der Waals surface area (Å²) >= 11 is 0. The SMILES string of the molecule is C[C@H]1OC(OP(=O)(O)OP(=O)(O)OC[C@H]2O[C@@H](N3C=NC4C(=O)N=C(N)N=C43)[C@H](O)[C@@H]2O)[C@H](O)[C@@H](O)[C@H]1O. The quantitative estimate of drug-likeness (QED) is 0.124. The standard InChI is InChI=1S/C16H25N5O15P2/c1-4-7(22)9(24)11(26)15(33-4)35-38(30,31)36-37(28,29)32-2-5-8(23)10(25)14(34-5)21-3-18-6-12(21)19-16(17)20-13(6)27/h3-11,14-15,22-26H,2H2,1H3,(H,28,29)(H,30,31)(H2,17,20,27)/t4-,5-,6?,7+,8-,9+,10-,11-,14-,15?/m1/s1. The number of carbonyl (C=O) groups is 1. The van der Waals surface area contributed by atoms with Gasteiger partial charge in [-0.2, -0.15) is 14.3 Å². The third-order valence-corrected chi connectivity index (χ3v) is 8.40. The highest BCUT2D eigenvalue weighted by Gasteiger charge is 2.51. The number of carbonyl (C=O) groups excluding carboxylic acids is 1. The van der Waals surface area contributed by atoms with Crippen molar-refractivity contribution >= 4 is 39.7 Å². The minimum atomic E-state index is -5.50. The number of phosphoric acid groups is 2. The highest BCUT2D eigenvalue weighted by Crippen LogP contribution is 2.61. The zero-order valence-electron chi connectivity index (χ0n) is 19.2. The van der Waals surface area contributed by atoms with Gasteiger partial charge in [0.2, 0.25) is 5.96 Å². The van der Waals surface area contributed by atoms with E-state index in [1.165, 1.54) is 6.92 Å². The summed E-state index contributed by atoms with van der Waals surface area (Å²) in [6, 6.07) is -1.14. The lowest BCUT2D eigenvalue weighted by Gasteiger charge is -2.38. The smallest absolute Gasteiger partial charge is 0.388 e. The van der Waals surface area contributed by atoms with Crippen LogP contribution in [-0.4, -0.2) is 132 Å². The monoisotopic (exact) mass is 589 g/mol. The molecule has 4 heterocycles. The van der Waals surface area contributed by atoms with Crippen molar-refractivity contribution in [3.63, 3.8) is 0 Å². The number of rotatable bonds is 8. The maximum Gasteiger partial charge on any atom is 0.483 e. The molecule has 2 saturated heterocycles. The van der Waals surface area contributed by atoms with Gasteiger partial charge in [0.15, 0.2) is 24.4 Å². The highest BCUT2D eigenvalue weighted by atomic mass is 31.3. The first kappa shape index (κ1) is 29.2. The van der Waals surface area contributed by atoms with Crippen molar-refractivity contribution in [2.75, 3.05) is 6.61 Å². The number of ether oxygens (including phenoxy) is 2. The lowest BCUT2D eigenvalue weighted by Crippen LogP contribution is -2.57. The van der Waals surface area contributed by atoms with Gasteiger partial charge >= 0.3 is 15.6 Å². The van der Waals surface area contributed by atoms with Crippen molar-refractivity contribution in [3.05, 3.63) is 0 Å². The Labute approximate surface area is 212 Å². The Kier molecular flexibility index (Phi) is 8.22. The molecule has 0 aromatic rings. The Morgan fingerprint density at radius 3 is 2.37 bits per heavy atom. The van der Waals surface area contributed by atoms with Crippen LogP contribution in [0, 0.1) is 0 Å². The maximum absolute atomic E-state index is 12.3. The first-order chi connectivity index (χ1) is 17.6. The number of aliphatic imine (C=N–C) groups is 3. The third-order valence-electron chi connectivity index (χ3n) is 5.80. The Morgan fingerprint density at radius 1 is 1.00 bits per heavy atom. The summed E-state index contributed by atoms with van der Waals surface area (Å²) < 4.78 is 48.2. The Morgan fingerprint density at radius 2 is 1.68 bits per heavy atom. The molecule has 0 bridgehead atoms. The van der Waals surface area contributed by atoms with E-state index in [9.17, 15) is 49.2 Å². The zero-order valence-corrected chi connectivity index (χ0v) is 21.0. The lowest BCUT2D eigenvalue weighted by atomic mass is 10.0. The van der Waals surface area contributed by atoms with Crippen LogP contribution in [0.5, 0.6) is 0 Å². The molecule has 4 aliphatic heterocycles. The Bertz CT molecular complexity index is 1140. The van der Waals surface area contributed by atoms with Gasteiger partial charge in [0.05, 0.1) is 19.0 Å². The lowest BCUT2D eigenvalue weighted by molar-refractivity contribution is -0.271. The van der Waals surface area contributed by atoms with Gasteiger partial charge < -0.3 is 50.5 Å². The van der Waals surface area contributed by atoms with Crippen molar-refractivity contribution in [1.29, 1.82) is 0 Å². The number of nitrogens with zero attached hydrogens (tertiary/aromatic N) is 4. The largest absolute Gasteiger partial charge is 0.483 e. The molecule has 1 amide bonds. The number of hydrogen-bond acceptors (Lipinski definition) is 17. The number of amidine groups is 1. The Balaban J connectivity index is 1.35. The van der Waals surface area contributed by atoms with Gasteiger partial charge in [-0.05, 0) is 6.92 Å². The van der Waals surface area contributed by atoms with E-state index in [0.717, 1.165) is 11.2 Å². The number of fused-ring (bicyclic) bond motifs is 1. The van der Waals surface area contributed by atoms with E-state index in [1.807, 2.05) is 0 Å². The molecule has 20 nitrogen and oxygen atoms in total. The molecular weight excluding hydrogens is 564 g/mol. The van der Waals surface area contributed by atoms with E-state index in [-0.39, 0.29) is 11.8 Å². The van der Waals surface area contributed by atoms with Crippen molar-refractivity contribution in [2.45, 2.75) is 68.2 Å². The summed E-state index contributed by atoms with van der Waals surface area (Å²) in [5, 5.41) is 50.0. The molecule has 0 saturated carbocycles. The summed E-state index contributed by atoms with van der Waals surface area (Å²) in [6.07, 6.45) is -13.8. The molecule has 0 aromatic heterocycles. The highest BCUT2D eigenvalue weighted by molar-refractivity contribution is 7.61.